The standard InChI is InChI=1S/C25H26N2O6/c1-12-8-16(9-13(2)23(12)28)20-14(3)27-7-6-15-10-18(31-4)19(32-5)11-17(15)22(27)21(20)24(29)33-25(26)30/h8-11,28H,6-7H2,1-5H3,(H2,26,30). The summed E-state index contributed by atoms with van der Waals surface area (Å²) in [5.41, 5.74) is 11.4. The summed E-state index contributed by atoms with van der Waals surface area (Å²) < 4.78 is 17.8. The van der Waals surface area contributed by atoms with Gasteiger partial charge in [-0.05, 0) is 73.7 Å². The van der Waals surface area contributed by atoms with Gasteiger partial charge in [0.25, 0.3) is 0 Å². The molecule has 1 aliphatic heterocycles. The molecule has 0 atom stereocenters. The molecule has 4 rings (SSSR count). The van der Waals surface area contributed by atoms with Crippen LogP contribution in [0.3, 0.4) is 0 Å². The number of nitrogens with two attached hydrogens (primary N) is 1. The highest BCUT2D eigenvalue weighted by Crippen LogP contribution is 2.46. The molecular weight excluding hydrogens is 424 g/mol. The van der Waals surface area contributed by atoms with Crippen molar-refractivity contribution in [3.63, 3.8) is 0 Å². The van der Waals surface area contributed by atoms with Gasteiger partial charge in [0.15, 0.2) is 11.5 Å². The number of nitrogens with zero attached hydrogens (tertiary/aromatic N) is 1. The molecule has 33 heavy (non-hydrogen) atoms. The number of aryl methyl sites for hydroxylation is 3. The van der Waals surface area contributed by atoms with Gasteiger partial charge < -0.3 is 29.6 Å². The van der Waals surface area contributed by atoms with Gasteiger partial charge in [-0.25, -0.2) is 9.59 Å². The largest absolute Gasteiger partial charge is 0.507 e. The zero-order valence-corrected chi connectivity index (χ0v) is 19.2. The van der Waals surface area contributed by atoms with Crippen molar-refractivity contribution in [1.29, 1.82) is 0 Å². The van der Waals surface area contributed by atoms with Gasteiger partial charge in [0.2, 0.25) is 0 Å². The number of ether oxygens (including phenoxy) is 3. The normalized spacial score (nSPS) is 12.0. The van der Waals surface area contributed by atoms with E-state index < -0.39 is 12.1 Å². The first kappa shape index (κ1) is 22.3. The zero-order valence-electron chi connectivity index (χ0n) is 19.2. The van der Waals surface area contributed by atoms with Crippen molar-refractivity contribution in [2.45, 2.75) is 33.7 Å². The Morgan fingerprint density at radius 2 is 1.61 bits per heavy atom. The van der Waals surface area contributed by atoms with Crippen molar-refractivity contribution < 1.29 is 28.9 Å². The minimum absolute atomic E-state index is 0.198. The number of methoxy groups -OCH3 is 2. The van der Waals surface area contributed by atoms with Gasteiger partial charge in [0.05, 0.1) is 25.5 Å². The summed E-state index contributed by atoms with van der Waals surface area (Å²) in [7, 11) is 3.12. The van der Waals surface area contributed by atoms with Gasteiger partial charge in [-0.2, -0.15) is 0 Å². The quantitative estimate of drug-likeness (QED) is 0.454. The lowest BCUT2D eigenvalue weighted by molar-refractivity contribution is 0.0640. The second kappa shape index (κ2) is 8.20. The monoisotopic (exact) mass is 450 g/mol. The lowest BCUT2D eigenvalue weighted by Gasteiger charge is -2.23. The highest BCUT2D eigenvalue weighted by molar-refractivity contribution is 6.08. The van der Waals surface area contributed by atoms with Gasteiger partial charge in [0.1, 0.15) is 5.75 Å². The fourth-order valence-electron chi connectivity index (χ4n) is 4.67. The Hall–Kier alpha value is -3.94. The Morgan fingerprint density at radius 3 is 2.18 bits per heavy atom. The van der Waals surface area contributed by atoms with Gasteiger partial charge >= 0.3 is 12.1 Å². The third-order valence-electron chi connectivity index (χ3n) is 6.17. The number of amides is 1. The molecule has 2 aromatic carbocycles. The highest BCUT2D eigenvalue weighted by atomic mass is 16.6. The summed E-state index contributed by atoms with van der Waals surface area (Å²) in [5, 5.41) is 10.3. The van der Waals surface area contributed by atoms with E-state index in [1.54, 1.807) is 28.1 Å². The van der Waals surface area contributed by atoms with Crippen molar-refractivity contribution in [1.82, 2.24) is 4.57 Å². The predicted octanol–water partition coefficient (Wildman–Crippen LogP) is 4.26. The molecule has 0 fully saturated rings. The first-order valence-electron chi connectivity index (χ1n) is 10.5. The van der Waals surface area contributed by atoms with Crippen LogP contribution in [0.25, 0.3) is 22.4 Å². The molecule has 0 spiro atoms. The average molecular weight is 450 g/mol. The molecule has 3 N–H and O–H groups in total. The van der Waals surface area contributed by atoms with E-state index in [1.807, 2.05) is 35.8 Å². The molecule has 0 radical (unpaired) electrons. The molecule has 0 saturated heterocycles. The molecular formula is C25H26N2O6. The van der Waals surface area contributed by atoms with E-state index in [0.29, 0.717) is 40.4 Å². The van der Waals surface area contributed by atoms with Crippen LogP contribution < -0.4 is 15.2 Å². The van der Waals surface area contributed by atoms with Crippen LogP contribution in [0.5, 0.6) is 17.2 Å². The lowest BCUT2D eigenvalue weighted by Crippen LogP contribution is -2.20. The number of phenols is 1. The van der Waals surface area contributed by atoms with Crippen molar-refractivity contribution in [3.8, 4) is 39.6 Å². The number of fused-ring (bicyclic) bond motifs is 3. The summed E-state index contributed by atoms with van der Waals surface area (Å²) in [5.74, 6) is 0.485. The first-order valence-corrected chi connectivity index (χ1v) is 10.5. The molecule has 8 heteroatoms. The maximum absolute atomic E-state index is 13.2. The SMILES string of the molecule is COc1cc2c(cc1OC)-c1c(C(=O)OC(N)=O)c(-c3cc(C)c(O)c(C)c3)c(C)n1CC2. The maximum atomic E-state index is 13.2. The zero-order chi connectivity index (χ0) is 24.0. The van der Waals surface area contributed by atoms with Crippen LogP contribution in [-0.2, 0) is 17.7 Å². The Labute approximate surface area is 191 Å². The first-order chi connectivity index (χ1) is 15.7. The number of rotatable bonds is 4. The van der Waals surface area contributed by atoms with Crippen LogP contribution in [0.2, 0.25) is 0 Å². The summed E-state index contributed by atoms with van der Waals surface area (Å²) in [6, 6.07) is 7.36. The van der Waals surface area contributed by atoms with E-state index in [1.165, 1.54) is 0 Å². The number of esters is 1. The molecule has 0 bridgehead atoms. The number of carbonyl (C=O) groups is 2. The average Bonchev–Trinajstić information content (AvgIpc) is 3.08. The smallest absolute Gasteiger partial charge is 0.412 e. The van der Waals surface area contributed by atoms with Gasteiger partial charge in [-0.15, -0.1) is 0 Å². The van der Waals surface area contributed by atoms with E-state index in [2.05, 4.69) is 0 Å². The van der Waals surface area contributed by atoms with E-state index >= 15 is 0 Å². The molecule has 0 unspecified atom stereocenters. The Bertz CT molecular complexity index is 1280. The van der Waals surface area contributed by atoms with Crippen LogP contribution in [0.15, 0.2) is 24.3 Å². The number of benzene rings is 2. The summed E-state index contributed by atoms with van der Waals surface area (Å²) in [6.45, 7) is 6.13. The maximum Gasteiger partial charge on any atom is 0.412 e. The minimum Gasteiger partial charge on any atom is -0.507 e. The predicted molar refractivity (Wildman–Crippen MR) is 123 cm³/mol. The Balaban J connectivity index is 2.07. The van der Waals surface area contributed by atoms with Gasteiger partial charge in [0, 0.05) is 23.4 Å². The molecule has 1 aliphatic rings. The molecule has 1 amide bonds. The molecule has 2 heterocycles. The van der Waals surface area contributed by atoms with Crippen molar-refractivity contribution in [2.24, 2.45) is 5.73 Å². The number of primary amides is 1. The highest BCUT2D eigenvalue weighted by Gasteiger charge is 2.33. The van der Waals surface area contributed by atoms with Crippen LogP contribution in [0, 0.1) is 20.8 Å². The summed E-state index contributed by atoms with van der Waals surface area (Å²) in [6.07, 6.45) is -0.458. The van der Waals surface area contributed by atoms with Crippen LogP contribution in [0.4, 0.5) is 4.79 Å². The van der Waals surface area contributed by atoms with Crippen LogP contribution >= 0.6 is 0 Å². The fourth-order valence-corrected chi connectivity index (χ4v) is 4.67. The van der Waals surface area contributed by atoms with E-state index in [9.17, 15) is 14.7 Å². The number of carbonyl (C=O) groups excluding carboxylic acids is 2. The second-order valence-corrected chi connectivity index (χ2v) is 8.12. The number of phenolic OH excluding ortho intramolecular Hbond substituents is 1. The lowest BCUT2D eigenvalue weighted by atomic mass is 9.92. The topological polar surface area (TPSA) is 113 Å². The Kier molecular flexibility index (Phi) is 5.53. The fraction of sp³-hybridized carbons (Fsp3) is 0.280. The third kappa shape index (κ3) is 3.57. The van der Waals surface area contributed by atoms with Crippen LogP contribution in [0.1, 0.15) is 32.7 Å². The molecule has 1 aromatic heterocycles. The number of hydrogen-bond acceptors (Lipinski definition) is 6. The van der Waals surface area contributed by atoms with Crippen molar-refractivity contribution in [2.75, 3.05) is 14.2 Å². The third-order valence-corrected chi connectivity index (χ3v) is 6.17. The van der Waals surface area contributed by atoms with Crippen LogP contribution in [-0.4, -0.2) is 36.0 Å². The van der Waals surface area contributed by atoms with Crippen molar-refractivity contribution >= 4 is 12.1 Å². The number of hydrogen-bond donors (Lipinski definition) is 2. The molecule has 8 nitrogen and oxygen atoms in total. The number of aromatic hydroxyl groups is 1. The summed E-state index contributed by atoms with van der Waals surface area (Å²) in [4.78, 5) is 24.7. The van der Waals surface area contributed by atoms with E-state index in [-0.39, 0.29) is 11.3 Å². The molecule has 0 saturated carbocycles. The van der Waals surface area contributed by atoms with E-state index in [0.717, 1.165) is 28.8 Å². The molecule has 3 aromatic rings. The molecule has 172 valence electrons. The van der Waals surface area contributed by atoms with Gasteiger partial charge in [-0.1, -0.05) is 0 Å². The summed E-state index contributed by atoms with van der Waals surface area (Å²) >= 11 is 0. The Morgan fingerprint density at radius 1 is 1.00 bits per heavy atom. The van der Waals surface area contributed by atoms with E-state index in [4.69, 9.17) is 19.9 Å². The van der Waals surface area contributed by atoms with Crippen molar-refractivity contribution in [3.05, 3.63) is 52.2 Å². The molecule has 0 aliphatic carbocycles. The van der Waals surface area contributed by atoms with Gasteiger partial charge in [-0.3, -0.25) is 0 Å². The second-order valence-electron chi connectivity index (χ2n) is 8.12. The minimum atomic E-state index is -1.18. The number of aromatic nitrogens is 1.